The van der Waals surface area contributed by atoms with Gasteiger partial charge in [-0.25, -0.2) is 4.99 Å². The van der Waals surface area contributed by atoms with Gasteiger partial charge >= 0.3 is 6.18 Å². The Morgan fingerprint density at radius 3 is 2.75 bits per heavy atom. The molecular weight excluding hydrogens is 171 g/mol. The average molecular weight is 175 g/mol. The van der Waals surface area contributed by atoms with Crippen molar-refractivity contribution in [2.45, 2.75) is 6.18 Å². The molecular formula is C7H4F3NO. The van der Waals surface area contributed by atoms with Crippen LogP contribution in [-0.2, 0) is 4.74 Å². The van der Waals surface area contributed by atoms with E-state index < -0.39 is 12.8 Å². The van der Waals surface area contributed by atoms with E-state index in [4.69, 9.17) is 0 Å². The molecule has 0 bridgehead atoms. The molecule has 0 spiro atoms. The van der Waals surface area contributed by atoms with Gasteiger partial charge in [0.05, 0.1) is 0 Å². The van der Waals surface area contributed by atoms with Crippen LogP contribution in [0.3, 0.4) is 0 Å². The Balaban J connectivity index is 2.49. The minimum absolute atomic E-state index is 0.199. The summed E-state index contributed by atoms with van der Waals surface area (Å²) in [6.45, 7) is -1.35. The summed E-state index contributed by atoms with van der Waals surface area (Å²) < 4.78 is 38.9. The largest absolute Gasteiger partial charge is 0.462 e. The number of hydrogen-bond donors (Lipinski definition) is 0. The number of hydrogen-bond acceptors (Lipinski definition) is 2. The lowest BCUT2D eigenvalue weighted by Gasteiger charge is -2.06. The average Bonchev–Trinajstić information content (AvgIpc) is 2.02. The topological polar surface area (TPSA) is 21.6 Å². The van der Waals surface area contributed by atoms with Gasteiger partial charge in [0.2, 0.25) is 0 Å². The van der Waals surface area contributed by atoms with E-state index in [0.29, 0.717) is 0 Å². The van der Waals surface area contributed by atoms with Gasteiger partial charge in [-0.2, -0.15) is 13.2 Å². The van der Waals surface area contributed by atoms with Gasteiger partial charge in [-0.3, -0.25) is 0 Å². The Hall–Kier alpha value is -1.44. The van der Waals surface area contributed by atoms with E-state index in [1.165, 1.54) is 12.3 Å². The molecule has 0 aliphatic carbocycles. The lowest BCUT2D eigenvalue weighted by atomic mass is 10.5. The summed E-state index contributed by atoms with van der Waals surface area (Å²) in [5.41, 5.74) is 4.70. The molecule has 0 saturated heterocycles. The van der Waals surface area contributed by atoms with Crippen LogP contribution in [0.15, 0.2) is 28.4 Å². The number of aliphatic imine (C=N–C) groups is 1. The summed E-state index contributed by atoms with van der Waals surface area (Å²) in [4.78, 5) is 3.47. The Morgan fingerprint density at radius 1 is 1.50 bits per heavy atom. The summed E-state index contributed by atoms with van der Waals surface area (Å²) >= 11 is 0. The van der Waals surface area contributed by atoms with Crippen molar-refractivity contribution in [2.75, 3.05) is 6.61 Å². The predicted molar refractivity (Wildman–Crippen MR) is 35.6 cm³/mol. The molecule has 0 atom stereocenters. The molecule has 0 unspecified atom stereocenters. The summed E-state index contributed by atoms with van der Waals surface area (Å²) in [7, 11) is 0. The summed E-state index contributed by atoms with van der Waals surface area (Å²) in [6.07, 6.45) is -1.64. The molecule has 0 aromatic rings. The SMILES string of the molecule is FC(F)(F)COC1=C=C=CC=N1. The van der Waals surface area contributed by atoms with Crippen molar-refractivity contribution < 1.29 is 17.9 Å². The molecule has 0 N–H and O–H groups in total. The maximum atomic E-state index is 11.6. The maximum absolute atomic E-state index is 11.6. The molecule has 0 radical (unpaired) electrons. The molecule has 0 saturated carbocycles. The number of ether oxygens (including phenoxy) is 1. The van der Waals surface area contributed by atoms with Gasteiger partial charge < -0.3 is 4.74 Å². The fourth-order valence-corrected chi connectivity index (χ4v) is 0.501. The van der Waals surface area contributed by atoms with Crippen molar-refractivity contribution in [2.24, 2.45) is 4.99 Å². The van der Waals surface area contributed by atoms with E-state index in [1.807, 2.05) is 0 Å². The van der Waals surface area contributed by atoms with Crippen LogP contribution in [0.4, 0.5) is 13.2 Å². The standard InChI is InChI=1S/C7H4F3NO/c8-7(9,10)5-12-6-3-1-2-4-11-6/h2,4H,5H2. The lowest BCUT2D eigenvalue weighted by molar-refractivity contribution is -0.164. The van der Waals surface area contributed by atoms with Crippen LogP contribution in [0.25, 0.3) is 0 Å². The number of rotatable bonds is 2. The van der Waals surface area contributed by atoms with E-state index in [1.54, 1.807) is 0 Å². The molecule has 2 nitrogen and oxygen atoms in total. The third-order valence-corrected chi connectivity index (χ3v) is 0.901. The first-order valence-corrected chi connectivity index (χ1v) is 3.02. The first kappa shape index (κ1) is 8.65. The lowest BCUT2D eigenvalue weighted by Crippen LogP contribution is -2.16. The third kappa shape index (κ3) is 3.10. The predicted octanol–water partition coefficient (Wildman–Crippen LogP) is 1.80. The highest BCUT2D eigenvalue weighted by Gasteiger charge is 2.28. The molecule has 0 amide bonds. The number of alkyl halides is 3. The molecule has 64 valence electrons. The molecule has 1 aliphatic rings. The summed E-state index contributed by atoms with van der Waals surface area (Å²) in [5.74, 6) is -0.199. The molecule has 12 heavy (non-hydrogen) atoms. The van der Waals surface area contributed by atoms with Gasteiger partial charge in [0.15, 0.2) is 6.61 Å². The minimum atomic E-state index is -4.34. The summed E-state index contributed by atoms with van der Waals surface area (Å²) in [6, 6.07) is 0. The van der Waals surface area contributed by atoms with Crippen molar-refractivity contribution in [3.8, 4) is 0 Å². The Kier molecular flexibility index (Phi) is 2.38. The van der Waals surface area contributed by atoms with Crippen LogP contribution in [-0.4, -0.2) is 19.0 Å². The highest BCUT2D eigenvalue weighted by Crippen LogP contribution is 2.16. The van der Waals surface area contributed by atoms with Crippen LogP contribution in [0.5, 0.6) is 0 Å². The van der Waals surface area contributed by atoms with Crippen molar-refractivity contribution in [3.63, 3.8) is 0 Å². The van der Waals surface area contributed by atoms with Crippen molar-refractivity contribution in [1.82, 2.24) is 0 Å². The highest BCUT2D eigenvalue weighted by molar-refractivity contribution is 5.72. The van der Waals surface area contributed by atoms with E-state index in [9.17, 15) is 13.2 Å². The second-order valence-corrected chi connectivity index (χ2v) is 1.92. The van der Waals surface area contributed by atoms with Crippen molar-refractivity contribution in [1.29, 1.82) is 0 Å². The Labute approximate surface area is 66.4 Å². The van der Waals surface area contributed by atoms with E-state index >= 15 is 0 Å². The molecule has 0 aromatic heterocycles. The van der Waals surface area contributed by atoms with Crippen molar-refractivity contribution >= 4 is 6.21 Å². The van der Waals surface area contributed by atoms with Gasteiger partial charge in [-0.15, -0.1) is 0 Å². The number of allylic oxidation sites excluding steroid dienone is 1. The van der Waals surface area contributed by atoms with Crippen LogP contribution in [0.1, 0.15) is 0 Å². The zero-order valence-electron chi connectivity index (χ0n) is 5.85. The minimum Gasteiger partial charge on any atom is -0.462 e. The number of nitrogens with zero attached hydrogens (tertiary/aromatic N) is 1. The monoisotopic (exact) mass is 175 g/mol. The quantitative estimate of drug-likeness (QED) is 0.586. The fourth-order valence-electron chi connectivity index (χ4n) is 0.501. The highest BCUT2D eigenvalue weighted by atomic mass is 19.4. The molecule has 5 heteroatoms. The molecule has 0 aromatic carbocycles. The molecule has 1 aliphatic heterocycles. The second kappa shape index (κ2) is 3.30. The second-order valence-electron chi connectivity index (χ2n) is 1.92. The van der Waals surface area contributed by atoms with Gasteiger partial charge in [0, 0.05) is 12.3 Å². The van der Waals surface area contributed by atoms with Crippen molar-refractivity contribution in [3.05, 3.63) is 23.4 Å². The number of halogens is 3. The van der Waals surface area contributed by atoms with Crippen LogP contribution >= 0.6 is 0 Å². The van der Waals surface area contributed by atoms with Gasteiger partial charge in [0.1, 0.15) is 0 Å². The van der Waals surface area contributed by atoms with E-state index in [-0.39, 0.29) is 5.88 Å². The first-order valence-electron chi connectivity index (χ1n) is 3.02. The van der Waals surface area contributed by atoms with Crippen LogP contribution in [0, 0.1) is 0 Å². The smallest absolute Gasteiger partial charge is 0.422 e. The van der Waals surface area contributed by atoms with Crippen LogP contribution < -0.4 is 0 Å². The zero-order valence-corrected chi connectivity index (χ0v) is 5.85. The normalized spacial score (nSPS) is 14.8. The zero-order chi connectivity index (χ0) is 9.03. The van der Waals surface area contributed by atoms with Gasteiger partial charge in [-0.1, -0.05) is 5.73 Å². The van der Waals surface area contributed by atoms with E-state index in [0.717, 1.165) is 0 Å². The Bertz CT molecular complexity index is 290. The van der Waals surface area contributed by atoms with Gasteiger partial charge in [0.25, 0.3) is 5.88 Å². The molecule has 0 fully saturated rings. The first-order chi connectivity index (χ1) is 5.58. The Morgan fingerprint density at radius 2 is 2.25 bits per heavy atom. The maximum Gasteiger partial charge on any atom is 0.422 e. The fraction of sp³-hybridized carbons (Fsp3) is 0.286. The molecule has 1 heterocycles. The molecule has 1 rings (SSSR count). The van der Waals surface area contributed by atoms with Gasteiger partial charge in [-0.05, 0) is 5.73 Å². The van der Waals surface area contributed by atoms with Crippen LogP contribution in [0.2, 0.25) is 0 Å². The van der Waals surface area contributed by atoms with E-state index in [2.05, 4.69) is 21.2 Å². The summed E-state index contributed by atoms with van der Waals surface area (Å²) in [5, 5.41) is 0. The third-order valence-electron chi connectivity index (χ3n) is 0.901.